The summed E-state index contributed by atoms with van der Waals surface area (Å²) in [5.41, 5.74) is 0.690. The van der Waals surface area contributed by atoms with Gasteiger partial charge in [0.25, 0.3) is 0 Å². The van der Waals surface area contributed by atoms with Crippen molar-refractivity contribution in [1.82, 2.24) is 4.98 Å². The van der Waals surface area contributed by atoms with Gasteiger partial charge in [-0.2, -0.15) is 0 Å². The number of hydrogen-bond acceptors (Lipinski definition) is 9. The van der Waals surface area contributed by atoms with Crippen molar-refractivity contribution in [2.24, 2.45) is 10.9 Å². The number of hydrogen-bond donors (Lipinski definition) is 0. The van der Waals surface area contributed by atoms with Crippen LogP contribution in [0, 0.1) is 5.92 Å². The Bertz CT molecular complexity index is 829. The van der Waals surface area contributed by atoms with E-state index in [0.717, 1.165) is 28.1 Å². The van der Waals surface area contributed by atoms with Crippen LogP contribution < -0.4 is 0 Å². The van der Waals surface area contributed by atoms with Crippen LogP contribution in [0.3, 0.4) is 0 Å². The highest BCUT2D eigenvalue weighted by molar-refractivity contribution is 8.14. The average Bonchev–Trinajstić information content (AvgIpc) is 3.14. The van der Waals surface area contributed by atoms with E-state index in [2.05, 4.69) is 11.7 Å². The molecule has 0 aliphatic carbocycles. The van der Waals surface area contributed by atoms with E-state index in [0.29, 0.717) is 5.76 Å². The Kier molecular flexibility index (Phi) is 7.15. The summed E-state index contributed by atoms with van der Waals surface area (Å²) in [5.74, 6) is 0.763. The van der Waals surface area contributed by atoms with Gasteiger partial charge in [-0.15, -0.1) is 23.1 Å². The molecule has 0 amide bonds. The third-order valence-electron chi connectivity index (χ3n) is 4.87. The summed E-state index contributed by atoms with van der Waals surface area (Å²) >= 11 is 3.37. The largest absolute Gasteiger partial charge is 0.500 e. The average molecular weight is 439 g/mol. The molecule has 7 nitrogen and oxygen atoms in total. The van der Waals surface area contributed by atoms with Crippen molar-refractivity contribution in [1.29, 1.82) is 0 Å². The Morgan fingerprint density at radius 1 is 1.38 bits per heavy atom. The summed E-state index contributed by atoms with van der Waals surface area (Å²) < 4.78 is 21.1. The zero-order valence-corrected chi connectivity index (χ0v) is 18.8. The number of ether oxygens (including phenoxy) is 4. The molecule has 1 aromatic rings. The number of esters is 1. The van der Waals surface area contributed by atoms with Gasteiger partial charge in [-0.05, 0) is 13.0 Å². The molecule has 29 heavy (non-hydrogen) atoms. The number of methoxy groups -OCH3 is 3. The Morgan fingerprint density at radius 3 is 2.76 bits per heavy atom. The van der Waals surface area contributed by atoms with E-state index in [1.165, 1.54) is 20.3 Å². The minimum absolute atomic E-state index is 0.0865. The Hall–Kier alpha value is -1.68. The van der Waals surface area contributed by atoms with Gasteiger partial charge in [0.05, 0.1) is 38.7 Å². The molecule has 3 rings (SSSR count). The van der Waals surface area contributed by atoms with Crippen molar-refractivity contribution in [3.8, 4) is 0 Å². The maximum Gasteiger partial charge on any atom is 0.333 e. The van der Waals surface area contributed by atoms with Crippen LogP contribution in [0.5, 0.6) is 0 Å². The van der Waals surface area contributed by atoms with Crippen LogP contribution in [0.25, 0.3) is 6.08 Å². The molecule has 0 bridgehead atoms. The minimum Gasteiger partial charge on any atom is -0.500 e. The number of rotatable bonds is 9. The predicted octanol–water partition coefficient (Wildman–Crippen LogP) is 3.49. The normalized spacial score (nSPS) is 26.3. The third-order valence-corrected chi connectivity index (χ3v) is 7.13. The number of aromatic nitrogens is 1. The van der Waals surface area contributed by atoms with E-state index in [1.54, 1.807) is 30.2 Å². The standard InChI is InChI=1S/C20H26N2O5S2/c1-12(16(25-4)8-17(23)26-5)15(24-3)7-6-13-9-28-18(21-13)14-10-29-19(22-14)20(2)11-27-20/h6-9,12,14-15H,10-11H2,1-5H3. The SMILES string of the molecule is COC(=O)C=C(OC)C(C)C(C=Cc1csc(C2CSC(C3(C)CO3)=N2)n1)OC. The highest BCUT2D eigenvalue weighted by Crippen LogP contribution is 2.41. The summed E-state index contributed by atoms with van der Waals surface area (Å²) in [6, 6.07) is 0.0865. The van der Waals surface area contributed by atoms with Gasteiger partial charge >= 0.3 is 5.97 Å². The summed E-state index contributed by atoms with van der Waals surface area (Å²) in [5, 5.41) is 4.09. The first kappa shape index (κ1) is 22.0. The molecule has 9 heteroatoms. The predicted molar refractivity (Wildman–Crippen MR) is 115 cm³/mol. The fourth-order valence-corrected chi connectivity index (χ4v) is 5.01. The number of aliphatic imine (C=N–C) groups is 1. The molecule has 0 N–H and O–H groups in total. The fourth-order valence-electron chi connectivity index (χ4n) is 2.91. The number of nitrogens with zero attached hydrogens (tertiary/aromatic N) is 2. The summed E-state index contributed by atoms with van der Waals surface area (Å²) in [6.07, 6.45) is 4.90. The number of thiazole rings is 1. The first-order valence-electron chi connectivity index (χ1n) is 9.25. The van der Waals surface area contributed by atoms with E-state index in [-0.39, 0.29) is 23.7 Å². The molecule has 1 aromatic heterocycles. The smallest absolute Gasteiger partial charge is 0.333 e. The van der Waals surface area contributed by atoms with E-state index in [9.17, 15) is 4.79 Å². The van der Waals surface area contributed by atoms with E-state index >= 15 is 0 Å². The molecule has 4 atom stereocenters. The first-order valence-corrected chi connectivity index (χ1v) is 11.1. The lowest BCUT2D eigenvalue weighted by molar-refractivity contribution is -0.135. The van der Waals surface area contributed by atoms with Crippen LogP contribution in [-0.2, 0) is 23.7 Å². The van der Waals surface area contributed by atoms with Crippen LogP contribution >= 0.6 is 23.1 Å². The molecular formula is C20H26N2O5S2. The van der Waals surface area contributed by atoms with Gasteiger partial charge < -0.3 is 18.9 Å². The topological polar surface area (TPSA) is 82.5 Å². The molecule has 4 unspecified atom stereocenters. The van der Waals surface area contributed by atoms with Crippen molar-refractivity contribution in [2.45, 2.75) is 31.6 Å². The van der Waals surface area contributed by atoms with Crippen molar-refractivity contribution in [3.05, 3.63) is 34.0 Å². The quantitative estimate of drug-likeness (QED) is 0.253. The second-order valence-corrected chi connectivity index (χ2v) is 8.91. The second kappa shape index (κ2) is 9.42. The van der Waals surface area contributed by atoms with Gasteiger partial charge in [0.1, 0.15) is 27.5 Å². The van der Waals surface area contributed by atoms with Crippen LogP contribution in [-0.4, -0.2) is 61.4 Å². The molecule has 0 spiro atoms. The number of epoxide rings is 1. The van der Waals surface area contributed by atoms with Crippen LogP contribution in [0.4, 0.5) is 0 Å². The van der Waals surface area contributed by atoms with Gasteiger partial charge in [0.2, 0.25) is 0 Å². The van der Waals surface area contributed by atoms with Gasteiger partial charge in [-0.1, -0.05) is 13.0 Å². The molecule has 158 valence electrons. The van der Waals surface area contributed by atoms with Crippen molar-refractivity contribution >= 4 is 40.2 Å². The molecule has 2 aliphatic rings. The second-order valence-electron chi connectivity index (χ2n) is 7.01. The van der Waals surface area contributed by atoms with Gasteiger partial charge in [-0.25, -0.2) is 9.78 Å². The van der Waals surface area contributed by atoms with E-state index in [4.69, 9.17) is 24.2 Å². The van der Waals surface area contributed by atoms with Crippen LogP contribution in [0.15, 0.2) is 28.3 Å². The van der Waals surface area contributed by atoms with Gasteiger partial charge in [-0.3, -0.25) is 4.99 Å². The lowest BCUT2D eigenvalue weighted by Gasteiger charge is -2.21. The zero-order valence-electron chi connectivity index (χ0n) is 17.2. The first-order chi connectivity index (χ1) is 13.9. The molecule has 3 heterocycles. The molecule has 0 saturated carbocycles. The van der Waals surface area contributed by atoms with Gasteiger partial charge in [0.15, 0.2) is 0 Å². The number of carbonyl (C=O) groups is 1. The van der Waals surface area contributed by atoms with Crippen LogP contribution in [0.2, 0.25) is 0 Å². The molecule has 1 saturated heterocycles. The maximum absolute atomic E-state index is 11.5. The lowest BCUT2D eigenvalue weighted by atomic mass is 10.0. The van der Waals surface area contributed by atoms with Crippen molar-refractivity contribution < 1.29 is 23.7 Å². The zero-order chi connectivity index (χ0) is 21.0. The minimum atomic E-state index is -0.462. The lowest BCUT2D eigenvalue weighted by Crippen LogP contribution is -2.21. The van der Waals surface area contributed by atoms with E-state index in [1.807, 2.05) is 24.5 Å². The Balaban J connectivity index is 1.66. The summed E-state index contributed by atoms with van der Waals surface area (Å²) in [7, 11) is 4.48. The molecule has 0 aromatic carbocycles. The molecule has 1 fully saturated rings. The number of carbonyl (C=O) groups excluding carboxylic acids is 1. The van der Waals surface area contributed by atoms with Crippen LogP contribution in [0.1, 0.15) is 30.6 Å². The monoisotopic (exact) mass is 438 g/mol. The maximum atomic E-state index is 11.5. The number of thioether (sulfide) groups is 1. The highest BCUT2D eigenvalue weighted by Gasteiger charge is 2.47. The van der Waals surface area contributed by atoms with E-state index < -0.39 is 5.97 Å². The molecule has 2 aliphatic heterocycles. The van der Waals surface area contributed by atoms with Crippen molar-refractivity contribution in [3.63, 3.8) is 0 Å². The van der Waals surface area contributed by atoms with Crippen molar-refractivity contribution in [2.75, 3.05) is 33.7 Å². The van der Waals surface area contributed by atoms with Gasteiger partial charge in [0, 0.05) is 24.2 Å². The molecular weight excluding hydrogens is 412 g/mol. The summed E-state index contributed by atoms with van der Waals surface area (Å²) in [4.78, 5) is 21.0. The fraction of sp³-hybridized carbons (Fsp3) is 0.550. The summed E-state index contributed by atoms with van der Waals surface area (Å²) in [6.45, 7) is 4.75. The Labute approximate surface area is 179 Å². The highest BCUT2D eigenvalue weighted by atomic mass is 32.2. The third kappa shape index (κ3) is 5.28. The molecule has 0 radical (unpaired) electrons. The Morgan fingerprint density at radius 2 is 2.14 bits per heavy atom.